The highest BCUT2D eigenvalue weighted by Crippen LogP contribution is 2.24. The summed E-state index contributed by atoms with van der Waals surface area (Å²) in [6.45, 7) is 0. The van der Waals surface area contributed by atoms with Crippen LogP contribution in [0.5, 0.6) is 5.75 Å². The maximum Gasteiger partial charge on any atom is 0.182 e. The summed E-state index contributed by atoms with van der Waals surface area (Å²) in [7, 11) is 1.66. The van der Waals surface area contributed by atoms with Gasteiger partial charge in [-0.15, -0.1) is 11.8 Å². The Labute approximate surface area is 126 Å². The molecule has 0 saturated carbocycles. The second-order valence-corrected chi connectivity index (χ2v) is 5.61. The number of hydrogen-bond donors (Lipinski definition) is 1. The quantitative estimate of drug-likeness (QED) is 0.574. The van der Waals surface area contributed by atoms with Crippen molar-refractivity contribution in [3.63, 3.8) is 0 Å². The van der Waals surface area contributed by atoms with Gasteiger partial charge in [0.05, 0.1) is 18.1 Å². The molecule has 0 bridgehead atoms. The van der Waals surface area contributed by atoms with Crippen LogP contribution < -0.4 is 4.74 Å². The van der Waals surface area contributed by atoms with E-state index < -0.39 is 0 Å². The van der Waals surface area contributed by atoms with Gasteiger partial charge >= 0.3 is 0 Å². The van der Waals surface area contributed by atoms with Crippen LogP contribution in [-0.2, 0) is 0 Å². The Balaban J connectivity index is 2.19. The molecule has 1 heterocycles. The summed E-state index contributed by atoms with van der Waals surface area (Å²) >= 11 is 7.16. The number of imidazole rings is 1. The van der Waals surface area contributed by atoms with E-state index in [9.17, 15) is 0 Å². The standard InChI is InChI=1S/C15H14N2OS2/c1-18-11-5-8-14-13(9-11)16-15(19)17(14)10-3-6-12(20-2)7-4-10/h3-9H,1-2H3,(H,16,19). The molecular weight excluding hydrogens is 288 g/mol. The molecule has 3 rings (SSSR count). The van der Waals surface area contributed by atoms with Gasteiger partial charge in [-0.1, -0.05) is 0 Å². The van der Waals surface area contributed by atoms with Gasteiger partial charge < -0.3 is 9.72 Å². The summed E-state index contributed by atoms with van der Waals surface area (Å²) in [6, 6.07) is 14.3. The third-order valence-electron chi connectivity index (χ3n) is 3.22. The number of ether oxygens (including phenoxy) is 1. The van der Waals surface area contributed by atoms with Crippen LogP contribution in [0.15, 0.2) is 47.4 Å². The Morgan fingerprint density at radius 1 is 1.15 bits per heavy atom. The molecule has 20 heavy (non-hydrogen) atoms. The number of aromatic nitrogens is 2. The van der Waals surface area contributed by atoms with Crippen molar-refractivity contribution in [3.8, 4) is 11.4 Å². The molecule has 0 amide bonds. The smallest absolute Gasteiger partial charge is 0.182 e. The zero-order valence-electron chi connectivity index (χ0n) is 11.2. The van der Waals surface area contributed by atoms with Crippen LogP contribution in [0.25, 0.3) is 16.7 Å². The molecule has 0 aliphatic heterocycles. The second kappa shape index (κ2) is 5.34. The van der Waals surface area contributed by atoms with Gasteiger partial charge in [0.2, 0.25) is 0 Å². The van der Waals surface area contributed by atoms with Crippen molar-refractivity contribution < 1.29 is 4.74 Å². The van der Waals surface area contributed by atoms with E-state index in [-0.39, 0.29) is 0 Å². The van der Waals surface area contributed by atoms with Crippen LogP contribution in [0.2, 0.25) is 0 Å². The van der Waals surface area contributed by atoms with Crippen molar-refractivity contribution in [1.29, 1.82) is 0 Å². The van der Waals surface area contributed by atoms with Gasteiger partial charge in [-0.2, -0.15) is 0 Å². The van der Waals surface area contributed by atoms with E-state index in [1.165, 1.54) is 4.90 Å². The maximum absolute atomic E-state index is 5.44. The van der Waals surface area contributed by atoms with E-state index in [1.807, 2.05) is 22.8 Å². The Kier molecular flexibility index (Phi) is 3.54. The van der Waals surface area contributed by atoms with E-state index in [4.69, 9.17) is 17.0 Å². The van der Waals surface area contributed by atoms with Gasteiger partial charge in [-0.3, -0.25) is 4.57 Å². The summed E-state index contributed by atoms with van der Waals surface area (Å²) in [5.74, 6) is 0.818. The number of fused-ring (bicyclic) bond motifs is 1. The number of rotatable bonds is 3. The zero-order valence-corrected chi connectivity index (χ0v) is 12.8. The number of benzene rings is 2. The SMILES string of the molecule is COc1ccc2c(c1)[nH]c(=S)n2-c1ccc(SC)cc1. The molecule has 102 valence electrons. The third-order valence-corrected chi connectivity index (χ3v) is 4.25. The lowest BCUT2D eigenvalue weighted by atomic mass is 10.2. The lowest BCUT2D eigenvalue weighted by Gasteiger charge is -2.06. The molecule has 0 unspecified atom stereocenters. The minimum Gasteiger partial charge on any atom is -0.497 e. The Morgan fingerprint density at radius 2 is 1.90 bits per heavy atom. The molecule has 3 aromatic rings. The Hall–Kier alpha value is -1.72. The van der Waals surface area contributed by atoms with Gasteiger partial charge in [-0.25, -0.2) is 0 Å². The van der Waals surface area contributed by atoms with Crippen LogP contribution in [0, 0.1) is 4.77 Å². The van der Waals surface area contributed by atoms with E-state index in [2.05, 4.69) is 35.5 Å². The number of hydrogen-bond acceptors (Lipinski definition) is 3. The normalized spacial score (nSPS) is 10.9. The number of thioether (sulfide) groups is 1. The first-order valence-electron chi connectivity index (χ1n) is 6.16. The van der Waals surface area contributed by atoms with Crippen molar-refractivity contribution >= 4 is 35.0 Å². The van der Waals surface area contributed by atoms with Crippen LogP contribution >= 0.6 is 24.0 Å². The molecule has 0 aliphatic rings. The number of methoxy groups -OCH3 is 1. The number of aromatic amines is 1. The highest BCUT2D eigenvalue weighted by molar-refractivity contribution is 7.98. The first kappa shape index (κ1) is 13.3. The van der Waals surface area contributed by atoms with Crippen molar-refractivity contribution in [2.75, 3.05) is 13.4 Å². The summed E-state index contributed by atoms with van der Waals surface area (Å²) in [6.07, 6.45) is 2.07. The predicted molar refractivity (Wildman–Crippen MR) is 86.8 cm³/mol. The van der Waals surface area contributed by atoms with Crippen LogP contribution in [0.4, 0.5) is 0 Å². The largest absolute Gasteiger partial charge is 0.497 e. The van der Waals surface area contributed by atoms with Crippen molar-refractivity contribution in [2.45, 2.75) is 4.90 Å². The second-order valence-electron chi connectivity index (χ2n) is 4.35. The topological polar surface area (TPSA) is 29.9 Å². The van der Waals surface area contributed by atoms with Crippen molar-refractivity contribution in [1.82, 2.24) is 9.55 Å². The summed E-state index contributed by atoms with van der Waals surface area (Å²) in [4.78, 5) is 4.46. The molecule has 0 aliphatic carbocycles. The molecule has 0 saturated heterocycles. The van der Waals surface area contributed by atoms with Crippen LogP contribution in [0.1, 0.15) is 0 Å². The van der Waals surface area contributed by atoms with E-state index >= 15 is 0 Å². The molecule has 3 nitrogen and oxygen atoms in total. The molecule has 0 fully saturated rings. The molecule has 0 radical (unpaired) electrons. The first-order chi connectivity index (χ1) is 9.72. The van der Waals surface area contributed by atoms with Gasteiger partial charge in [-0.05, 0) is 54.9 Å². The average Bonchev–Trinajstić information content (AvgIpc) is 2.82. The maximum atomic E-state index is 5.44. The fourth-order valence-corrected chi connectivity index (χ4v) is 2.93. The van der Waals surface area contributed by atoms with Gasteiger partial charge in [0, 0.05) is 16.6 Å². The highest BCUT2D eigenvalue weighted by atomic mass is 32.2. The summed E-state index contributed by atoms with van der Waals surface area (Å²) in [5, 5.41) is 0. The third kappa shape index (κ3) is 2.23. The number of H-pyrrole nitrogens is 1. The fourth-order valence-electron chi connectivity index (χ4n) is 2.21. The molecule has 0 spiro atoms. The first-order valence-corrected chi connectivity index (χ1v) is 7.79. The number of nitrogens with one attached hydrogen (secondary N) is 1. The van der Waals surface area contributed by atoms with E-state index in [1.54, 1.807) is 18.9 Å². The predicted octanol–water partition coefficient (Wildman–Crippen LogP) is 4.42. The molecular formula is C15H14N2OS2. The molecule has 1 aromatic heterocycles. The lowest BCUT2D eigenvalue weighted by molar-refractivity contribution is 0.415. The van der Waals surface area contributed by atoms with Crippen LogP contribution in [0.3, 0.4) is 0 Å². The fraction of sp³-hybridized carbons (Fsp3) is 0.133. The monoisotopic (exact) mass is 302 g/mol. The van der Waals surface area contributed by atoms with E-state index in [0.29, 0.717) is 4.77 Å². The van der Waals surface area contributed by atoms with Gasteiger partial charge in [0.1, 0.15) is 5.75 Å². The molecule has 5 heteroatoms. The molecule has 0 atom stereocenters. The Morgan fingerprint density at radius 3 is 2.55 bits per heavy atom. The Bertz CT molecular complexity index is 803. The van der Waals surface area contributed by atoms with Crippen molar-refractivity contribution in [2.24, 2.45) is 0 Å². The van der Waals surface area contributed by atoms with Crippen LogP contribution in [-0.4, -0.2) is 22.9 Å². The summed E-state index contributed by atoms with van der Waals surface area (Å²) < 4.78 is 7.96. The minimum absolute atomic E-state index is 0.685. The van der Waals surface area contributed by atoms with Gasteiger partial charge in [0.25, 0.3) is 0 Å². The molecule has 1 N–H and O–H groups in total. The molecule has 2 aromatic carbocycles. The van der Waals surface area contributed by atoms with E-state index in [0.717, 1.165) is 22.5 Å². The highest BCUT2D eigenvalue weighted by Gasteiger charge is 2.07. The van der Waals surface area contributed by atoms with Crippen molar-refractivity contribution in [3.05, 3.63) is 47.2 Å². The minimum atomic E-state index is 0.685. The zero-order chi connectivity index (χ0) is 14.1. The average molecular weight is 302 g/mol. The van der Waals surface area contributed by atoms with Gasteiger partial charge in [0.15, 0.2) is 4.77 Å². The lowest BCUT2D eigenvalue weighted by Crippen LogP contribution is -1.93. The number of nitrogens with zero attached hydrogens (tertiary/aromatic N) is 1. The summed E-state index contributed by atoms with van der Waals surface area (Å²) in [5.41, 5.74) is 3.08.